The van der Waals surface area contributed by atoms with Gasteiger partial charge in [0.2, 0.25) is 5.91 Å². The number of aryl methyl sites for hydroxylation is 2. The Morgan fingerprint density at radius 3 is 2.89 bits per heavy atom. The highest BCUT2D eigenvalue weighted by atomic mass is 16.3. The molecular weight excluding hydrogens is 338 g/mol. The molecule has 5 heteroatoms. The van der Waals surface area contributed by atoms with E-state index in [0.717, 1.165) is 48.6 Å². The van der Waals surface area contributed by atoms with Gasteiger partial charge >= 0.3 is 0 Å². The van der Waals surface area contributed by atoms with E-state index in [2.05, 4.69) is 29.0 Å². The molecule has 1 fully saturated rings. The summed E-state index contributed by atoms with van der Waals surface area (Å²) in [4.78, 5) is 19.3. The molecule has 2 aromatic carbocycles. The molecule has 27 heavy (non-hydrogen) atoms. The molecule has 1 N–H and O–H groups in total. The fourth-order valence-corrected chi connectivity index (χ4v) is 3.69. The van der Waals surface area contributed by atoms with E-state index < -0.39 is 0 Å². The number of aromatic nitrogens is 1. The summed E-state index contributed by atoms with van der Waals surface area (Å²) in [5.74, 6) is 1.05. The number of amides is 1. The zero-order chi connectivity index (χ0) is 18.8. The average Bonchev–Trinajstić information content (AvgIpc) is 3.09. The first kappa shape index (κ1) is 17.7. The molecule has 0 saturated carbocycles. The number of rotatable bonds is 4. The van der Waals surface area contributed by atoms with E-state index in [-0.39, 0.29) is 11.8 Å². The number of nitrogens with one attached hydrogen (secondary N) is 1. The molecule has 0 aliphatic carbocycles. The van der Waals surface area contributed by atoms with Gasteiger partial charge in [-0.15, -0.1) is 0 Å². The number of fused-ring (bicyclic) bond motifs is 1. The molecule has 3 aromatic rings. The minimum atomic E-state index is 0.0245. The van der Waals surface area contributed by atoms with Crippen LogP contribution in [0.15, 0.2) is 46.9 Å². The standard InChI is InChI=1S/C22H25N3O2/c1-15-9-10-18(12-16(15)2)23-21(26)14-25-11-5-6-17(13-25)22-24-19-7-3-4-8-20(19)27-22/h3-4,7-10,12,17H,5-6,11,13-14H2,1-2H3,(H,23,26). The zero-order valence-electron chi connectivity index (χ0n) is 15.9. The molecular formula is C22H25N3O2. The minimum absolute atomic E-state index is 0.0245. The Balaban J connectivity index is 1.39. The minimum Gasteiger partial charge on any atom is -0.440 e. The van der Waals surface area contributed by atoms with Gasteiger partial charge in [0, 0.05) is 18.2 Å². The molecule has 1 amide bonds. The van der Waals surface area contributed by atoms with Gasteiger partial charge in [0.05, 0.1) is 6.54 Å². The number of benzene rings is 2. The summed E-state index contributed by atoms with van der Waals surface area (Å²) in [6.07, 6.45) is 2.09. The number of para-hydroxylation sites is 2. The predicted molar refractivity (Wildman–Crippen MR) is 107 cm³/mol. The number of carbonyl (C=O) groups excluding carboxylic acids is 1. The van der Waals surface area contributed by atoms with E-state index in [1.54, 1.807) is 0 Å². The second kappa shape index (κ2) is 7.53. The van der Waals surface area contributed by atoms with Crippen LogP contribution in [0.25, 0.3) is 11.1 Å². The predicted octanol–water partition coefficient (Wildman–Crippen LogP) is 4.26. The molecule has 2 heterocycles. The van der Waals surface area contributed by atoms with Gasteiger partial charge in [-0.25, -0.2) is 4.98 Å². The van der Waals surface area contributed by atoms with Crippen LogP contribution < -0.4 is 5.32 Å². The van der Waals surface area contributed by atoms with Gasteiger partial charge in [-0.3, -0.25) is 9.69 Å². The third kappa shape index (κ3) is 4.03. The van der Waals surface area contributed by atoms with Crippen LogP contribution in [0.2, 0.25) is 0 Å². The van der Waals surface area contributed by atoms with E-state index in [4.69, 9.17) is 4.42 Å². The molecule has 1 saturated heterocycles. The van der Waals surface area contributed by atoms with Crippen molar-refractivity contribution >= 4 is 22.7 Å². The molecule has 4 rings (SSSR count). The summed E-state index contributed by atoms with van der Waals surface area (Å²) in [5.41, 5.74) is 5.00. The van der Waals surface area contributed by atoms with Crippen molar-refractivity contribution in [1.82, 2.24) is 9.88 Å². The quantitative estimate of drug-likeness (QED) is 0.752. The first-order valence-electron chi connectivity index (χ1n) is 9.53. The third-order valence-corrected chi connectivity index (χ3v) is 5.32. The summed E-state index contributed by atoms with van der Waals surface area (Å²) < 4.78 is 5.94. The van der Waals surface area contributed by atoms with Gasteiger partial charge in [-0.1, -0.05) is 18.2 Å². The maximum Gasteiger partial charge on any atom is 0.238 e. The van der Waals surface area contributed by atoms with Gasteiger partial charge in [0.1, 0.15) is 5.52 Å². The van der Waals surface area contributed by atoms with Crippen molar-refractivity contribution in [3.8, 4) is 0 Å². The van der Waals surface area contributed by atoms with Crippen molar-refractivity contribution in [1.29, 1.82) is 0 Å². The Kier molecular flexibility index (Phi) is 4.94. The first-order valence-corrected chi connectivity index (χ1v) is 9.53. The molecule has 5 nitrogen and oxygen atoms in total. The number of hydrogen-bond acceptors (Lipinski definition) is 4. The lowest BCUT2D eigenvalue weighted by atomic mass is 9.98. The maximum absolute atomic E-state index is 12.5. The highest BCUT2D eigenvalue weighted by molar-refractivity contribution is 5.92. The second-order valence-corrected chi connectivity index (χ2v) is 7.44. The number of likely N-dealkylation sites (tertiary alicyclic amines) is 1. The molecule has 1 atom stereocenters. The van der Waals surface area contributed by atoms with Crippen LogP contribution in [0, 0.1) is 13.8 Å². The first-order chi connectivity index (χ1) is 13.1. The molecule has 140 valence electrons. The highest BCUT2D eigenvalue weighted by Crippen LogP contribution is 2.28. The number of carbonyl (C=O) groups is 1. The maximum atomic E-state index is 12.5. The van der Waals surface area contributed by atoms with E-state index in [1.807, 2.05) is 42.5 Å². The second-order valence-electron chi connectivity index (χ2n) is 7.44. The lowest BCUT2D eigenvalue weighted by Crippen LogP contribution is -2.39. The Hall–Kier alpha value is -2.66. The smallest absolute Gasteiger partial charge is 0.238 e. The fourth-order valence-electron chi connectivity index (χ4n) is 3.69. The number of anilines is 1. The molecule has 1 aliphatic heterocycles. The highest BCUT2D eigenvalue weighted by Gasteiger charge is 2.26. The number of oxazole rings is 1. The lowest BCUT2D eigenvalue weighted by molar-refractivity contribution is -0.117. The molecule has 1 aliphatic rings. The topological polar surface area (TPSA) is 58.4 Å². The van der Waals surface area contributed by atoms with E-state index in [9.17, 15) is 4.79 Å². The summed E-state index contributed by atoms with van der Waals surface area (Å²) >= 11 is 0. The summed E-state index contributed by atoms with van der Waals surface area (Å²) in [6, 6.07) is 13.9. The van der Waals surface area contributed by atoms with Crippen molar-refractivity contribution < 1.29 is 9.21 Å². The van der Waals surface area contributed by atoms with Crippen molar-refractivity contribution in [2.75, 3.05) is 25.0 Å². The van der Waals surface area contributed by atoms with E-state index >= 15 is 0 Å². The summed E-state index contributed by atoms with van der Waals surface area (Å²) in [7, 11) is 0. The monoisotopic (exact) mass is 363 g/mol. The Morgan fingerprint density at radius 1 is 1.22 bits per heavy atom. The van der Waals surface area contributed by atoms with Gasteiger partial charge in [0.25, 0.3) is 0 Å². The average molecular weight is 363 g/mol. The van der Waals surface area contributed by atoms with Crippen LogP contribution in [0.3, 0.4) is 0 Å². The van der Waals surface area contributed by atoms with Crippen LogP contribution in [0.5, 0.6) is 0 Å². The number of piperidine rings is 1. The fraction of sp³-hybridized carbons (Fsp3) is 0.364. The number of nitrogens with zero attached hydrogens (tertiary/aromatic N) is 2. The molecule has 1 unspecified atom stereocenters. The van der Waals surface area contributed by atoms with Gasteiger partial charge in [-0.2, -0.15) is 0 Å². The van der Waals surface area contributed by atoms with Crippen molar-refractivity contribution in [3.63, 3.8) is 0 Å². The largest absolute Gasteiger partial charge is 0.440 e. The molecule has 0 radical (unpaired) electrons. The Labute approximate surface area is 159 Å². The summed E-state index contributed by atoms with van der Waals surface area (Å²) in [5, 5.41) is 3.01. The normalized spacial score (nSPS) is 17.9. The SMILES string of the molecule is Cc1ccc(NC(=O)CN2CCCC(c3nc4ccccc4o3)C2)cc1C. The molecule has 0 spiro atoms. The van der Waals surface area contributed by atoms with Crippen molar-refractivity contribution in [2.24, 2.45) is 0 Å². The van der Waals surface area contributed by atoms with Crippen molar-refractivity contribution in [3.05, 3.63) is 59.5 Å². The van der Waals surface area contributed by atoms with Crippen LogP contribution in [-0.2, 0) is 4.79 Å². The van der Waals surface area contributed by atoms with E-state index in [0.29, 0.717) is 6.54 Å². The Morgan fingerprint density at radius 2 is 2.07 bits per heavy atom. The van der Waals surface area contributed by atoms with Gasteiger partial charge in [0.15, 0.2) is 11.5 Å². The van der Waals surface area contributed by atoms with Crippen molar-refractivity contribution in [2.45, 2.75) is 32.6 Å². The lowest BCUT2D eigenvalue weighted by Gasteiger charge is -2.30. The van der Waals surface area contributed by atoms with Gasteiger partial charge < -0.3 is 9.73 Å². The molecule has 0 bridgehead atoms. The van der Waals surface area contributed by atoms with Crippen LogP contribution in [-0.4, -0.2) is 35.4 Å². The van der Waals surface area contributed by atoms with Crippen LogP contribution >= 0.6 is 0 Å². The number of hydrogen-bond donors (Lipinski definition) is 1. The van der Waals surface area contributed by atoms with Crippen LogP contribution in [0.4, 0.5) is 5.69 Å². The van der Waals surface area contributed by atoms with Crippen LogP contribution in [0.1, 0.15) is 35.8 Å². The Bertz CT molecular complexity index is 930. The molecule has 1 aromatic heterocycles. The zero-order valence-corrected chi connectivity index (χ0v) is 15.9. The van der Waals surface area contributed by atoms with Gasteiger partial charge in [-0.05, 0) is 68.6 Å². The van der Waals surface area contributed by atoms with E-state index in [1.165, 1.54) is 11.1 Å². The third-order valence-electron chi connectivity index (χ3n) is 5.32. The summed E-state index contributed by atoms with van der Waals surface area (Å²) in [6.45, 7) is 6.25.